The molecule has 8 nitrogen and oxygen atoms in total. The van der Waals surface area contributed by atoms with E-state index in [4.69, 9.17) is 9.47 Å². The third-order valence-electron chi connectivity index (χ3n) is 3.66. The number of amidine groups is 1. The fourth-order valence-corrected chi connectivity index (χ4v) is 2.69. The van der Waals surface area contributed by atoms with Crippen LogP contribution in [0.25, 0.3) is 0 Å². The van der Waals surface area contributed by atoms with Crippen molar-refractivity contribution >= 4 is 33.8 Å². The maximum Gasteiger partial charge on any atom is 0.410 e. The van der Waals surface area contributed by atoms with Gasteiger partial charge in [0.1, 0.15) is 11.4 Å². The minimum atomic E-state index is -0.584. The molecule has 0 saturated carbocycles. The van der Waals surface area contributed by atoms with E-state index in [2.05, 4.69) is 26.4 Å². The molecular formula is C17H22BrN3O5. The molecule has 2 rings (SSSR count). The van der Waals surface area contributed by atoms with Crippen molar-refractivity contribution in [1.29, 1.82) is 0 Å². The first-order valence-electron chi connectivity index (χ1n) is 7.99. The summed E-state index contributed by atoms with van der Waals surface area (Å²) in [5.74, 6) is -0.324. The summed E-state index contributed by atoms with van der Waals surface area (Å²) in [7, 11) is 1.48. The number of likely N-dealkylation sites (tertiary alicyclic amines) is 1. The molecule has 26 heavy (non-hydrogen) atoms. The molecule has 1 aromatic carbocycles. The van der Waals surface area contributed by atoms with E-state index < -0.39 is 17.6 Å². The summed E-state index contributed by atoms with van der Waals surface area (Å²) in [6.45, 7) is 5.84. The number of rotatable bonds is 3. The van der Waals surface area contributed by atoms with Crippen molar-refractivity contribution in [3.05, 3.63) is 28.2 Å². The van der Waals surface area contributed by atoms with Gasteiger partial charge in [-0.1, -0.05) is 21.1 Å². The zero-order valence-electron chi connectivity index (χ0n) is 15.1. The van der Waals surface area contributed by atoms with Crippen molar-refractivity contribution in [2.24, 2.45) is 11.1 Å². The van der Waals surface area contributed by atoms with Gasteiger partial charge in [0.15, 0.2) is 5.84 Å². The van der Waals surface area contributed by atoms with Crippen LogP contribution in [0.1, 0.15) is 26.3 Å². The molecular weight excluding hydrogens is 406 g/mol. The number of nitrogens with one attached hydrogen (secondary N) is 1. The topological polar surface area (TPSA) is 100 Å². The summed E-state index contributed by atoms with van der Waals surface area (Å²) < 4.78 is 11.3. The maximum absolute atomic E-state index is 12.4. The summed E-state index contributed by atoms with van der Waals surface area (Å²) in [5.41, 5.74) is -0.144. The Hall–Kier alpha value is -2.29. The van der Waals surface area contributed by atoms with Crippen LogP contribution in [0.2, 0.25) is 0 Å². The predicted molar refractivity (Wildman–Crippen MR) is 98.5 cm³/mol. The molecule has 1 heterocycles. The van der Waals surface area contributed by atoms with Crippen LogP contribution in [0.5, 0.6) is 5.75 Å². The Labute approximate surface area is 160 Å². The van der Waals surface area contributed by atoms with Gasteiger partial charge in [-0.2, -0.15) is 0 Å². The fraction of sp³-hybridized carbons (Fsp3) is 0.471. The van der Waals surface area contributed by atoms with Gasteiger partial charge in [-0.3, -0.25) is 4.79 Å². The van der Waals surface area contributed by atoms with Gasteiger partial charge in [0.05, 0.1) is 18.6 Å². The molecule has 142 valence electrons. The fourth-order valence-electron chi connectivity index (χ4n) is 2.35. The number of carbonyl (C=O) groups excluding carboxylic acids is 2. The van der Waals surface area contributed by atoms with Crippen LogP contribution in [0.4, 0.5) is 4.79 Å². The highest BCUT2D eigenvalue weighted by molar-refractivity contribution is 9.10. The van der Waals surface area contributed by atoms with Gasteiger partial charge in [0, 0.05) is 17.6 Å². The molecule has 0 unspecified atom stereocenters. The molecule has 1 fully saturated rings. The number of methoxy groups -OCH3 is 1. The van der Waals surface area contributed by atoms with E-state index >= 15 is 0 Å². The van der Waals surface area contributed by atoms with Crippen LogP contribution in [0.3, 0.4) is 0 Å². The largest absolute Gasteiger partial charge is 0.496 e. The van der Waals surface area contributed by atoms with Crippen molar-refractivity contribution in [2.45, 2.75) is 26.4 Å². The Morgan fingerprint density at radius 3 is 2.54 bits per heavy atom. The lowest BCUT2D eigenvalue weighted by atomic mass is 9.99. The Morgan fingerprint density at radius 1 is 1.35 bits per heavy atom. The van der Waals surface area contributed by atoms with E-state index in [1.54, 1.807) is 39.0 Å². The van der Waals surface area contributed by atoms with Crippen molar-refractivity contribution < 1.29 is 24.3 Å². The highest BCUT2D eigenvalue weighted by atomic mass is 79.9. The van der Waals surface area contributed by atoms with Gasteiger partial charge >= 0.3 is 6.09 Å². The van der Waals surface area contributed by atoms with Gasteiger partial charge < -0.3 is 24.9 Å². The standard InChI is InChI=1S/C17H22BrN3O5/c1-17(2,3)26-16(23)21-8-10(9-21)15(22)19-14(20-24)12-6-5-11(18)7-13(12)25-4/h5-7,10,24H,8-9H2,1-4H3,(H,19,20,22). The van der Waals surface area contributed by atoms with Gasteiger partial charge in [0.25, 0.3) is 0 Å². The molecule has 1 aliphatic heterocycles. The highest BCUT2D eigenvalue weighted by Gasteiger charge is 2.38. The quantitative estimate of drug-likeness (QED) is 0.334. The molecule has 2 N–H and O–H groups in total. The number of hydrogen-bond donors (Lipinski definition) is 2. The lowest BCUT2D eigenvalue weighted by Gasteiger charge is -2.38. The van der Waals surface area contributed by atoms with Gasteiger partial charge in [-0.25, -0.2) is 4.79 Å². The van der Waals surface area contributed by atoms with Crippen LogP contribution in [-0.4, -0.2) is 53.7 Å². The molecule has 0 spiro atoms. The molecule has 0 radical (unpaired) electrons. The molecule has 0 atom stereocenters. The van der Waals surface area contributed by atoms with Gasteiger partial charge in [-0.15, -0.1) is 0 Å². The first-order valence-corrected chi connectivity index (χ1v) is 8.78. The minimum absolute atomic E-state index is 0.0185. The molecule has 2 amide bonds. The van der Waals surface area contributed by atoms with Gasteiger partial charge in [-0.05, 0) is 39.0 Å². The van der Waals surface area contributed by atoms with Crippen LogP contribution in [0, 0.1) is 5.92 Å². The number of oxime groups is 1. The van der Waals surface area contributed by atoms with Crippen LogP contribution >= 0.6 is 15.9 Å². The van der Waals surface area contributed by atoms with Crippen LogP contribution < -0.4 is 10.1 Å². The van der Waals surface area contributed by atoms with E-state index in [1.807, 2.05) is 0 Å². The maximum atomic E-state index is 12.4. The predicted octanol–water partition coefficient (Wildman–Crippen LogP) is 2.58. The number of hydrogen-bond acceptors (Lipinski definition) is 6. The smallest absolute Gasteiger partial charge is 0.410 e. The lowest BCUT2D eigenvalue weighted by Crippen LogP contribution is -2.57. The number of halogens is 1. The van der Waals surface area contributed by atoms with E-state index in [0.717, 1.165) is 4.47 Å². The Kier molecular flexibility index (Phi) is 6.12. The second-order valence-corrected chi connectivity index (χ2v) is 7.78. The molecule has 9 heteroatoms. The summed E-state index contributed by atoms with van der Waals surface area (Å²) in [6, 6.07) is 5.09. The summed E-state index contributed by atoms with van der Waals surface area (Å²) in [6.07, 6.45) is -0.452. The van der Waals surface area contributed by atoms with Crippen molar-refractivity contribution in [3.63, 3.8) is 0 Å². The second-order valence-electron chi connectivity index (χ2n) is 6.86. The zero-order chi connectivity index (χ0) is 19.5. The van der Waals surface area contributed by atoms with Crippen molar-refractivity contribution in [1.82, 2.24) is 10.2 Å². The lowest BCUT2D eigenvalue weighted by molar-refractivity contribution is -0.128. The summed E-state index contributed by atoms with van der Waals surface area (Å²) >= 11 is 3.32. The van der Waals surface area contributed by atoms with E-state index in [-0.39, 0.29) is 24.8 Å². The number of amides is 2. The summed E-state index contributed by atoms with van der Waals surface area (Å²) in [4.78, 5) is 25.7. The molecule has 0 aromatic heterocycles. The van der Waals surface area contributed by atoms with E-state index in [1.165, 1.54) is 12.0 Å². The monoisotopic (exact) mass is 427 g/mol. The molecule has 1 aliphatic rings. The number of nitrogens with zero attached hydrogens (tertiary/aromatic N) is 2. The van der Waals surface area contributed by atoms with E-state index in [9.17, 15) is 14.8 Å². The normalized spacial score (nSPS) is 15.3. The third-order valence-corrected chi connectivity index (χ3v) is 4.16. The zero-order valence-corrected chi connectivity index (χ0v) is 16.7. The molecule has 1 saturated heterocycles. The first kappa shape index (κ1) is 20.0. The van der Waals surface area contributed by atoms with E-state index in [0.29, 0.717) is 11.3 Å². The average Bonchev–Trinajstić information content (AvgIpc) is 2.49. The molecule has 0 bridgehead atoms. The summed E-state index contributed by atoms with van der Waals surface area (Å²) in [5, 5.41) is 15.0. The minimum Gasteiger partial charge on any atom is -0.496 e. The number of carbonyl (C=O) groups is 2. The van der Waals surface area contributed by atoms with Crippen LogP contribution in [0.15, 0.2) is 27.8 Å². The second kappa shape index (κ2) is 7.94. The van der Waals surface area contributed by atoms with Crippen molar-refractivity contribution in [3.8, 4) is 5.75 Å². The Morgan fingerprint density at radius 2 is 2.00 bits per heavy atom. The van der Waals surface area contributed by atoms with Gasteiger partial charge in [0.2, 0.25) is 5.91 Å². The SMILES string of the molecule is COc1cc(Br)ccc1/C(=N/O)NC(=O)C1CN(C(=O)OC(C)(C)C)C1. The first-order chi connectivity index (χ1) is 12.1. The molecule has 0 aliphatic carbocycles. The van der Waals surface area contributed by atoms with Crippen LogP contribution in [-0.2, 0) is 9.53 Å². The van der Waals surface area contributed by atoms with Crippen molar-refractivity contribution in [2.75, 3.05) is 20.2 Å². The average molecular weight is 428 g/mol. The third kappa shape index (κ3) is 4.87. The number of benzene rings is 1. The Bertz CT molecular complexity index is 724. The Balaban J connectivity index is 1.97. The highest BCUT2D eigenvalue weighted by Crippen LogP contribution is 2.24. The number of ether oxygens (including phenoxy) is 2. The molecule has 1 aromatic rings.